The summed E-state index contributed by atoms with van der Waals surface area (Å²) in [6.07, 6.45) is -9.20. The van der Waals surface area contributed by atoms with Crippen molar-refractivity contribution in [2.45, 2.75) is 40.0 Å². The summed E-state index contributed by atoms with van der Waals surface area (Å²) in [4.78, 5) is 0. The molecule has 0 aliphatic heterocycles. The number of hydrogen-bond acceptors (Lipinski definition) is 0. The third-order valence-electron chi connectivity index (χ3n) is 4.82. The van der Waals surface area contributed by atoms with Gasteiger partial charge in [-0.05, 0) is 11.8 Å². The Morgan fingerprint density at radius 1 is 0.688 bits per heavy atom. The van der Waals surface area contributed by atoms with E-state index < -0.39 is 35.0 Å². The molecule has 0 bridgehead atoms. The van der Waals surface area contributed by atoms with E-state index in [0.29, 0.717) is 0 Å². The lowest BCUT2D eigenvalue weighted by Gasteiger charge is -2.64. The third-order valence-corrected chi connectivity index (χ3v) is 4.82. The Balaban J connectivity index is 3.15. The molecule has 0 radical (unpaired) electrons. The smallest absolute Gasteiger partial charge is 0.170 e. The molecule has 0 aromatic heterocycles. The number of alkyl halides is 6. The molecular weight excluding hydrogens is 234 g/mol. The highest BCUT2D eigenvalue weighted by Crippen LogP contribution is 2.73. The fourth-order valence-electron chi connectivity index (χ4n) is 2.88. The first-order valence-corrected chi connectivity index (χ1v) is 4.94. The van der Waals surface area contributed by atoms with E-state index in [4.69, 9.17) is 0 Å². The molecule has 1 fully saturated rings. The Morgan fingerprint density at radius 3 is 1.00 bits per heavy atom. The van der Waals surface area contributed by atoms with Crippen molar-refractivity contribution in [3.8, 4) is 0 Å². The monoisotopic (exact) mass is 248 g/mol. The molecule has 0 aromatic rings. The number of halogens is 6. The topological polar surface area (TPSA) is 0 Å². The highest BCUT2D eigenvalue weighted by molar-refractivity contribution is 5.14. The molecule has 6 heteroatoms. The molecule has 96 valence electrons. The molecule has 1 aliphatic rings. The van der Waals surface area contributed by atoms with Gasteiger partial charge in [-0.25, -0.2) is 0 Å². The highest BCUT2D eigenvalue weighted by atomic mass is 19.4. The van der Waals surface area contributed by atoms with Gasteiger partial charge >= 0.3 is 12.4 Å². The second kappa shape index (κ2) is 3.07. The molecule has 1 aliphatic carbocycles. The van der Waals surface area contributed by atoms with E-state index in [0.717, 1.165) is 27.7 Å². The summed E-state index contributed by atoms with van der Waals surface area (Å²) in [5, 5.41) is 0. The van der Waals surface area contributed by atoms with Gasteiger partial charge in [0.1, 0.15) is 0 Å². The molecule has 0 saturated heterocycles. The van der Waals surface area contributed by atoms with Crippen LogP contribution in [0.2, 0.25) is 0 Å². The second-order valence-electron chi connectivity index (χ2n) is 5.00. The van der Waals surface area contributed by atoms with Crippen molar-refractivity contribution in [1.82, 2.24) is 0 Å². The number of rotatable bonds is 0. The van der Waals surface area contributed by atoms with E-state index in [-0.39, 0.29) is 0 Å². The zero-order chi connectivity index (χ0) is 13.2. The molecule has 0 heterocycles. The summed E-state index contributed by atoms with van der Waals surface area (Å²) in [6, 6.07) is 0. The summed E-state index contributed by atoms with van der Waals surface area (Å²) < 4.78 is 76.5. The first-order chi connectivity index (χ1) is 6.81. The minimum absolute atomic E-state index is 0.871. The van der Waals surface area contributed by atoms with E-state index in [2.05, 4.69) is 0 Å². The van der Waals surface area contributed by atoms with Crippen molar-refractivity contribution in [2.75, 3.05) is 0 Å². The zero-order valence-corrected chi connectivity index (χ0v) is 9.42. The average Bonchev–Trinajstić information content (AvgIpc) is 2.10. The minimum Gasteiger partial charge on any atom is -0.170 e. The largest absolute Gasteiger partial charge is 0.394 e. The molecule has 16 heavy (non-hydrogen) atoms. The lowest BCUT2D eigenvalue weighted by atomic mass is 9.40. The Morgan fingerprint density at radius 2 is 0.875 bits per heavy atom. The first-order valence-electron chi connectivity index (χ1n) is 4.94. The minimum atomic E-state index is -4.60. The van der Waals surface area contributed by atoms with Crippen molar-refractivity contribution in [2.24, 2.45) is 22.7 Å². The van der Waals surface area contributed by atoms with Crippen LogP contribution in [0.4, 0.5) is 26.3 Å². The predicted molar refractivity (Wildman–Crippen MR) is 46.7 cm³/mol. The molecule has 1 saturated carbocycles. The van der Waals surface area contributed by atoms with Gasteiger partial charge < -0.3 is 0 Å². The fraction of sp³-hybridized carbons (Fsp3) is 1.00. The van der Waals surface area contributed by atoms with Crippen molar-refractivity contribution in [3.63, 3.8) is 0 Å². The van der Waals surface area contributed by atoms with E-state index in [9.17, 15) is 26.3 Å². The van der Waals surface area contributed by atoms with Crippen LogP contribution in [0.25, 0.3) is 0 Å². The molecular formula is C10H14F6. The summed E-state index contributed by atoms with van der Waals surface area (Å²) in [5.74, 6) is -2.93. The Labute approximate surface area is 90.0 Å². The predicted octanol–water partition coefficient (Wildman–Crippen LogP) is 4.41. The average molecular weight is 248 g/mol. The van der Waals surface area contributed by atoms with E-state index in [1.807, 2.05) is 0 Å². The van der Waals surface area contributed by atoms with Gasteiger partial charge in [-0.2, -0.15) is 26.3 Å². The Hall–Kier alpha value is -0.420. The summed E-state index contributed by atoms with van der Waals surface area (Å²) in [5.41, 5.74) is -4.51. The molecule has 0 nitrogen and oxygen atoms in total. The molecule has 1 rings (SSSR count). The van der Waals surface area contributed by atoms with Crippen LogP contribution in [-0.4, -0.2) is 12.4 Å². The van der Waals surface area contributed by atoms with Crippen LogP contribution in [0.3, 0.4) is 0 Å². The van der Waals surface area contributed by atoms with Crippen molar-refractivity contribution in [3.05, 3.63) is 0 Å². The maximum Gasteiger partial charge on any atom is 0.394 e. The summed E-state index contributed by atoms with van der Waals surface area (Å²) in [7, 11) is 0. The standard InChI is InChI=1S/C10H14F6/c1-5-7(3,9(11,12)13)6(2)8(5,4)10(14,15)16/h5-6H,1-4H3. The third kappa shape index (κ3) is 1.24. The van der Waals surface area contributed by atoms with Gasteiger partial charge in [-0.15, -0.1) is 0 Å². The SMILES string of the molecule is CC1C(C)(C(F)(F)F)C(C)C1(C)C(F)(F)F. The normalized spacial score (nSPS) is 45.4. The van der Waals surface area contributed by atoms with Crippen LogP contribution in [0, 0.1) is 22.7 Å². The molecule has 0 atom stereocenters. The van der Waals surface area contributed by atoms with Crippen LogP contribution in [-0.2, 0) is 0 Å². The lowest BCUT2D eigenvalue weighted by Crippen LogP contribution is -2.70. The van der Waals surface area contributed by atoms with E-state index in [1.165, 1.54) is 0 Å². The Kier molecular flexibility index (Phi) is 2.62. The van der Waals surface area contributed by atoms with Gasteiger partial charge in [-0.1, -0.05) is 27.7 Å². The van der Waals surface area contributed by atoms with Crippen LogP contribution in [0.15, 0.2) is 0 Å². The maximum atomic E-state index is 12.8. The first kappa shape index (κ1) is 13.6. The van der Waals surface area contributed by atoms with Gasteiger partial charge in [0.2, 0.25) is 0 Å². The van der Waals surface area contributed by atoms with Gasteiger partial charge in [0, 0.05) is 0 Å². The Bertz CT molecular complexity index is 249. The molecule has 0 unspecified atom stereocenters. The van der Waals surface area contributed by atoms with Gasteiger partial charge in [0.05, 0.1) is 10.8 Å². The van der Waals surface area contributed by atoms with E-state index in [1.54, 1.807) is 0 Å². The van der Waals surface area contributed by atoms with Crippen LogP contribution in [0.1, 0.15) is 27.7 Å². The summed E-state index contributed by atoms with van der Waals surface area (Å²) >= 11 is 0. The van der Waals surface area contributed by atoms with Crippen molar-refractivity contribution < 1.29 is 26.3 Å². The molecule has 0 aromatic carbocycles. The molecule has 0 N–H and O–H groups in total. The quantitative estimate of drug-likeness (QED) is 0.557. The van der Waals surface area contributed by atoms with Gasteiger partial charge in [0.25, 0.3) is 0 Å². The van der Waals surface area contributed by atoms with E-state index >= 15 is 0 Å². The van der Waals surface area contributed by atoms with Gasteiger partial charge in [-0.3, -0.25) is 0 Å². The highest BCUT2D eigenvalue weighted by Gasteiger charge is 2.79. The maximum absolute atomic E-state index is 12.8. The lowest BCUT2D eigenvalue weighted by molar-refractivity contribution is -0.396. The van der Waals surface area contributed by atoms with Crippen LogP contribution in [0.5, 0.6) is 0 Å². The fourth-order valence-corrected chi connectivity index (χ4v) is 2.88. The zero-order valence-electron chi connectivity index (χ0n) is 9.42. The number of hydrogen-bond donors (Lipinski definition) is 0. The van der Waals surface area contributed by atoms with Crippen molar-refractivity contribution in [1.29, 1.82) is 0 Å². The molecule has 0 amide bonds. The van der Waals surface area contributed by atoms with Crippen LogP contribution >= 0.6 is 0 Å². The molecule has 0 spiro atoms. The van der Waals surface area contributed by atoms with Gasteiger partial charge in [0.15, 0.2) is 0 Å². The summed E-state index contributed by atoms with van der Waals surface area (Å²) in [6.45, 7) is 3.80. The van der Waals surface area contributed by atoms with Crippen molar-refractivity contribution >= 4 is 0 Å². The van der Waals surface area contributed by atoms with Crippen LogP contribution < -0.4 is 0 Å². The second-order valence-corrected chi connectivity index (χ2v) is 5.00.